The van der Waals surface area contributed by atoms with Crippen molar-refractivity contribution in [1.82, 2.24) is 4.98 Å². The van der Waals surface area contributed by atoms with Crippen LogP contribution in [0.5, 0.6) is 0 Å². The van der Waals surface area contributed by atoms with E-state index in [2.05, 4.69) is 27.8 Å². The Morgan fingerprint density at radius 1 is 1.62 bits per heavy atom. The average molecular weight is 281 g/mol. The molecule has 0 saturated heterocycles. The van der Waals surface area contributed by atoms with Gasteiger partial charge in [0.05, 0.1) is 5.69 Å². The fourth-order valence-electron chi connectivity index (χ4n) is 0.764. The largest absolute Gasteiger partial charge is 0.259 e. The van der Waals surface area contributed by atoms with Gasteiger partial charge in [-0.25, -0.2) is 0 Å². The van der Waals surface area contributed by atoms with E-state index in [1.54, 1.807) is 0 Å². The molecule has 13 heavy (non-hydrogen) atoms. The van der Waals surface area contributed by atoms with Crippen LogP contribution in [0.25, 0.3) is 0 Å². The van der Waals surface area contributed by atoms with Gasteiger partial charge in [-0.05, 0) is 28.1 Å². The van der Waals surface area contributed by atoms with E-state index in [4.69, 9.17) is 11.6 Å². The van der Waals surface area contributed by atoms with Gasteiger partial charge in [0, 0.05) is 27.6 Å². The Balaban J connectivity index is 2.41. The Bertz CT molecular complexity index is 252. The average Bonchev–Trinajstić information content (AvgIpc) is 2.16. The van der Waals surface area contributed by atoms with E-state index in [-0.39, 0.29) is 0 Å². The third-order valence-electron chi connectivity index (χ3n) is 1.52. The minimum absolute atomic E-state index is 0.493. The maximum absolute atomic E-state index is 5.69. The Morgan fingerprint density at radius 3 is 2.92 bits per heavy atom. The molecule has 0 aliphatic rings. The summed E-state index contributed by atoms with van der Waals surface area (Å²) in [6.45, 7) is 2.12. The molecule has 0 radical (unpaired) electrons. The van der Waals surface area contributed by atoms with Gasteiger partial charge in [0.25, 0.3) is 0 Å². The molecule has 0 bridgehead atoms. The fraction of sp³-hybridized carbons (Fsp3) is 0.444. The second kappa shape index (κ2) is 5.89. The van der Waals surface area contributed by atoms with E-state index in [0.717, 1.165) is 15.9 Å². The molecular formula is C9H11BrClNS. The summed E-state index contributed by atoms with van der Waals surface area (Å²) < 4.78 is 1.02. The predicted molar refractivity (Wildman–Crippen MR) is 63.4 cm³/mol. The molecule has 1 aromatic rings. The van der Waals surface area contributed by atoms with Crippen LogP contribution >= 0.6 is 39.3 Å². The molecule has 0 fully saturated rings. The highest BCUT2D eigenvalue weighted by Gasteiger charge is 2.01. The van der Waals surface area contributed by atoms with Crippen molar-refractivity contribution in [3.63, 3.8) is 0 Å². The van der Waals surface area contributed by atoms with Crippen LogP contribution in [0.1, 0.15) is 12.6 Å². The lowest BCUT2D eigenvalue weighted by Gasteiger charge is -2.05. The van der Waals surface area contributed by atoms with Crippen molar-refractivity contribution in [3.8, 4) is 0 Å². The third kappa shape index (κ3) is 4.34. The van der Waals surface area contributed by atoms with Gasteiger partial charge in [0.15, 0.2) is 0 Å². The lowest BCUT2D eigenvalue weighted by atomic mass is 10.4. The summed E-state index contributed by atoms with van der Waals surface area (Å²) in [6.07, 6.45) is 1.82. The number of hydrogen-bond donors (Lipinski definition) is 0. The highest BCUT2D eigenvalue weighted by molar-refractivity contribution is 9.10. The number of aromatic nitrogens is 1. The Kier molecular flexibility index (Phi) is 5.14. The van der Waals surface area contributed by atoms with Crippen molar-refractivity contribution < 1.29 is 0 Å². The first-order valence-electron chi connectivity index (χ1n) is 4.00. The SMILES string of the molecule is CC(CCl)SCc1ccc(Br)cn1. The van der Waals surface area contributed by atoms with Crippen LogP contribution in [0, 0.1) is 0 Å². The van der Waals surface area contributed by atoms with Crippen LogP contribution in [0.4, 0.5) is 0 Å². The van der Waals surface area contributed by atoms with Gasteiger partial charge >= 0.3 is 0 Å². The van der Waals surface area contributed by atoms with Gasteiger partial charge in [0.2, 0.25) is 0 Å². The van der Waals surface area contributed by atoms with E-state index < -0.39 is 0 Å². The molecule has 0 saturated carbocycles. The van der Waals surface area contributed by atoms with Gasteiger partial charge < -0.3 is 0 Å². The molecule has 0 N–H and O–H groups in total. The summed E-state index contributed by atoms with van der Waals surface area (Å²) in [6, 6.07) is 4.03. The minimum atomic E-state index is 0.493. The maximum atomic E-state index is 5.69. The van der Waals surface area contributed by atoms with Crippen molar-refractivity contribution in [3.05, 3.63) is 28.5 Å². The summed E-state index contributed by atoms with van der Waals surface area (Å²) in [5.74, 6) is 1.63. The van der Waals surface area contributed by atoms with Crippen molar-refractivity contribution in [2.75, 3.05) is 5.88 Å². The van der Waals surface area contributed by atoms with Crippen LogP contribution in [-0.4, -0.2) is 16.1 Å². The quantitative estimate of drug-likeness (QED) is 0.780. The van der Waals surface area contributed by atoms with E-state index in [0.29, 0.717) is 11.1 Å². The van der Waals surface area contributed by atoms with Crippen molar-refractivity contribution in [2.24, 2.45) is 0 Å². The number of pyridine rings is 1. The predicted octanol–water partition coefficient (Wildman–Crippen LogP) is 3.70. The summed E-state index contributed by atoms with van der Waals surface area (Å²) in [5.41, 5.74) is 1.10. The molecule has 4 heteroatoms. The van der Waals surface area contributed by atoms with E-state index in [1.165, 1.54) is 0 Å². The van der Waals surface area contributed by atoms with Crippen LogP contribution in [0.15, 0.2) is 22.8 Å². The highest BCUT2D eigenvalue weighted by atomic mass is 79.9. The van der Waals surface area contributed by atoms with Crippen molar-refractivity contribution >= 4 is 39.3 Å². The second-order valence-corrected chi connectivity index (χ2v) is 5.39. The normalized spacial score (nSPS) is 12.8. The number of halogens is 2. The molecule has 0 aromatic carbocycles. The molecule has 1 nitrogen and oxygen atoms in total. The molecule has 0 aliphatic heterocycles. The molecule has 0 aliphatic carbocycles. The lowest BCUT2D eigenvalue weighted by Crippen LogP contribution is -1.98. The number of hydrogen-bond acceptors (Lipinski definition) is 2. The number of nitrogens with zero attached hydrogens (tertiary/aromatic N) is 1. The lowest BCUT2D eigenvalue weighted by molar-refractivity contribution is 1.10. The first-order chi connectivity index (χ1) is 6.22. The van der Waals surface area contributed by atoms with E-state index in [1.807, 2.05) is 30.1 Å². The molecule has 1 aromatic heterocycles. The van der Waals surface area contributed by atoms with Gasteiger partial charge in [0.1, 0.15) is 0 Å². The molecule has 1 unspecified atom stereocenters. The topological polar surface area (TPSA) is 12.9 Å². The zero-order valence-corrected chi connectivity index (χ0v) is 10.5. The number of rotatable bonds is 4. The van der Waals surface area contributed by atoms with Gasteiger partial charge in [-0.3, -0.25) is 4.98 Å². The molecule has 0 spiro atoms. The number of alkyl halides is 1. The van der Waals surface area contributed by atoms with Crippen molar-refractivity contribution in [1.29, 1.82) is 0 Å². The molecule has 1 heterocycles. The minimum Gasteiger partial charge on any atom is -0.259 e. The van der Waals surface area contributed by atoms with Crippen molar-refractivity contribution in [2.45, 2.75) is 17.9 Å². The molecular weight excluding hydrogens is 270 g/mol. The standard InChI is InChI=1S/C9H11BrClNS/c1-7(4-11)13-6-9-3-2-8(10)5-12-9/h2-3,5,7H,4,6H2,1H3. The van der Waals surface area contributed by atoms with E-state index >= 15 is 0 Å². The van der Waals surface area contributed by atoms with Crippen LogP contribution < -0.4 is 0 Å². The Labute approximate surface area is 96.4 Å². The summed E-state index contributed by atoms with van der Waals surface area (Å²) in [4.78, 5) is 4.27. The first-order valence-corrected chi connectivity index (χ1v) is 6.38. The van der Waals surface area contributed by atoms with Gasteiger partial charge in [-0.1, -0.05) is 6.92 Å². The fourth-order valence-corrected chi connectivity index (χ4v) is 1.98. The molecule has 72 valence electrons. The zero-order valence-electron chi connectivity index (χ0n) is 7.34. The molecule has 1 rings (SSSR count). The maximum Gasteiger partial charge on any atom is 0.0503 e. The Hall–Kier alpha value is 0.270. The summed E-state index contributed by atoms with van der Waals surface area (Å²) >= 11 is 10.9. The molecule has 0 amide bonds. The number of thioether (sulfide) groups is 1. The summed E-state index contributed by atoms with van der Waals surface area (Å²) in [5, 5.41) is 0.493. The third-order valence-corrected chi connectivity index (χ3v) is 3.83. The van der Waals surface area contributed by atoms with Crippen LogP contribution in [0.3, 0.4) is 0 Å². The molecule has 1 atom stereocenters. The van der Waals surface area contributed by atoms with Gasteiger partial charge in [-0.2, -0.15) is 11.8 Å². The summed E-state index contributed by atoms with van der Waals surface area (Å²) in [7, 11) is 0. The second-order valence-electron chi connectivity index (χ2n) is 2.74. The van der Waals surface area contributed by atoms with E-state index in [9.17, 15) is 0 Å². The van der Waals surface area contributed by atoms with Gasteiger partial charge in [-0.15, -0.1) is 11.6 Å². The smallest absolute Gasteiger partial charge is 0.0503 e. The van der Waals surface area contributed by atoms with Crippen LogP contribution in [-0.2, 0) is 5.75 Å². The first kappa shape index (κ1) is 11.3. The van der Waals surface area contributed by atoms with Crippen LogP contribution in [0.2, 0.25) is 0 Å². The Morgan fingerprint density at radius 2 is 2.38 bits per heavy atom. The monoisotopic (exact) mass is 279 g/mol. The highest BCUT2D eigenvalue weighted by Crippen LogP contribution is 2.18. The zero-order chi connectivity index (χ0) is 9.68.